The molecule has 0 atom stereocenters. The zero-order chi connectivity index (χ0) is 8.81. The minimum atomic E-state index is -0.109. The predicted octanol–water partition coefficient (Wildman–Crippen LogP) is 0.449. The summed E-state index contributed by atoms with van der Waals surface area (Å²) in [5, 5.41) is 16.9. The summed E-state index contributed by atoms with van der Waals surface area (Å²) in [6, 6.07) is 6.80. The van der Waals surface area contributed by atoms with Gasteiger partial charge in [-0.1, -0.05) is 6.07 Å². The maximum atomic E-state index is 8.71. The minimum absolute atomic E-state index is 0.109. The second-order valence-corrected chi connectivity index (χ2v) is 2.03. The van der Waals surface area contributed by atoms with E-state index in [1.54, 1.807) is 24.3 Å². The largest absolute Gasteiger partial charge is 0.390 e. The molecule has 0 saturated heterocycles. The van der Waals surface area contributed by atoms with Crippen LogP contribution in [0.25, 0.3) is 0 Å². The number of pyridine rings is 1. The van der Waals surface area contributed by atoms with E-state index in [-0.39, 0.29) is 6.61 Å². The molecular weight excluding hydrogens is 152 g/mol. The zero-order valence-electron chi connectivity index (χ0n) is 6.28. The fraction of sp³-hybridized carbons (Fsp3) is 0.111. The van der Waals surface area contributed by atoms with E-state index in [9.17, 15) is 0 Å². The van der Waals surface area contributed by atoms with Crippen LogP contribution in [0.2, 0.25) is 0 Å². The lowest BCUT2D eigenvalue weighted by Gasteiger charge is -1.93. The number of aromatic nitrogens is 1. The highest BCUT2D eigenvalue weighted by molar-refractivity contribution is 5.33. The lowest BCUT2D eigenvalue weighted by molar-refractivity contribution is 0.277. The fourth-order valence-electron chi connectivity index (χ4n) is 0.729. The third-order valence-corrected chi connectivity index (χ3v) is 1.22. The van der Waals surface area contributed by atoms with Crippen LogP contribution in [-0.2, 0) is 6.61 Å². The van der Waals surface area contributed by atoms with E-state index in [4.69, 9.17) is 10.4 Å². The normalized spacial score (nSPS) is 8.00. The first-order valence-corrected chi connectivity index (χ1v) is 3.33. The molecule has 12 heavy (non-hydrogen) atoms. The molecular formula is C9H6N2O. The Morgan fingerprint density at radius 2 is 2.33 bits per heavy atom. The van der Waals surface area contributed by atoms with Crippen molar-refractivity contribution in [2.75, 3.05) is 0 Å². The Balaban J connectivity index is 2.96. The highest BCUT2D eigenvalue weighted by Crippen LogP contribution is 1.97. The van der Waals surface area contributed by atoms with Crippen molar-refractivity contribution in [3.8, 4) is 17.9 Å². The molecule has 0 aromatic carbocycles. The summed E-state index contributed by atoms with van der Waals surface area (Å²) in [6.07, 6.45) is 0. The Bertz CT molecular complexity index is 368. The average Bonchev–Trinajstić information content (AvgIpc) is 2.15. The van der Waals surface area contributed by atoms with Gasteiger partial charge in [0.05, 0.1) is 12.3 Å². The summed E-state index contributed by atoms with van der Waals surface area (Å²) in [7, 11) is 0. The van der Waals surface area contributed by atoms with Gasteiger partial charge in [0.15, 0.2) is 6.07 Å². The first kappa shape index (κ1) is 8.26. The molecule has 0 radical (unpaired) electrons. The second-order valence-electron chi connectivity index (χ2n) is 2.03. The quantitative estimate of drug-likeness (QED) is 0.603. The highest BCUT2D eigenvalue weighted by Gasteiger charge is 1.91. The summed E-state index contributed by atoms with van der Waals surface area (Å²) in [5.74, 6) is 4.76. The van der Waals surface area contributed by atoms with Gasteiger partial charge in [-0.25, -0.2) is 4.98 Å². The number of nitrogens with zero attached hydrogens (tertiary/aromatic N) is 2. The molecule has 3 heteroatoms. The molecule has 0 saturated carbocycles. The smallest absolute Gasteiger partial charge is 0.152 e. The van der Waals surface area contributed by atoms with E-state index in [1.165, 1.54) is 0 Å². The molecule has 0 fully saturated rings. The van der Waals surface area contributed by atoms with Crippen molar-refractivity contribution in [1.29, 1.82) is 5.26 Å². The van der Waals surface area contributed by atoms with Gasteiger partial charge in [0.1, 0.15) is 5.69 Å². The third kappa shape index (κ3) is 2.09. The minimum Gasteiger partial charge on any atom is -0.390 e. The third-order valence-electron chi connectivity index (χ3n) is 1.22. The summed E-state index contributed by atoms with van der Waals surface area (Å²) < 4.78 is 0. The lowest BCUT2D eigenvalue weighted by Crippen LogP contribution is -1.90. The number of nitriles is 1. The van der Waals surface area contributed by atoms with Gasteiger partial charge in [-0.3, -0.25) is 0 Å². The Morgan fingerprint density at radius 3 is 3.00 bits per heavy atom. The molecule has 0 unspecified atom stereocenters. The van der Waals surface area contributed by atoms with Crippen LogP contribution >= 0.6 is 0 Å². The van der Waals surface area contributed by atoms with E-state index in [0.717, 1.165) is 0 Å². The second kappa shape index (κ2) is 4.12. The molecule has 1 aromatic rings. The van der Waals surface area contributed by atoms with Crippen molar-refractivity contribution in [3.63, 3.8) is 0 Å². The average molecular weight is 158 g/mol. The van der Waals surface area contributed by atoms with E-state index in [0.29, 0.717) is 11.4 Å². The van der Waals surface area contributed by atoms with Crippen LogP contribution in [0.3, 0.4) is 0 Å². The Hall–Kier alpha value is -1.84. The van der Waals surface area contributed by atoms with Gasteiger partial charge < -0.3 is 5.11 Å². The molecule has 1 heterocycles. The molecule has 0 aliphatic heterocycles. The van der Waals surface area contributed by atoms with Crippen LogP contribution in [0.4, 0.5) is 0 Å². The van der Waals surface area contributed by atoms with Crippen molar-refractivity contribution in [2.24, 2.45) is 0 Å². The summed E-state index contributed by atoms with van der Waals surface area (Å²) in [5.41, 5.74) is 1.06. The van der Waals surface area contributed by atoms with E-state index < -0.39 is 0 Å². The Morgan fingerprint density at radius 1 is 1.50 bits per heavy atom. The first-order chi connectivity index (χ1) is 5.86. The van der Waals surface area contributed by atoms with Crippen molar-refractivity contribution in [3.05, 3.63) is 29.6 Å². The van der Waals surface area contributed by atoms with Gasteiger partial charge >= 0.3 is 0 Å². The number of aliphatic hydroxyl groups excluding tert-OH is 1. The van der Waals surface area contributed by atoms with Gasteiger partial charge in [0, 0.05) is 5.92 Å². The van der Waals surface area contributed by atoms with Crippen LogP contribution < -0.4 is 0 Å². The van der Waals surface area contributed by atoms with Crippen LogP contribution in [0.15, 0.2) is 18.2 Å². The van der Waals surface area contributed by atoms with Gasteiger partial charge in [-0.15, -0.1) is 0 Å². The summed E-state index contributed by atoms with van der Waals surface area (Å²) in [4.78, 5) is 3.95. The van der Waals surface area contributed by atoms with Gasteiger partial charge in [-0.2, -0.15) is 5.26 Å². The summed E-state index contributed by atoms with van der Waals surface area (Å²) >= 11 is 0. The fourth-order valence-corrected chi connectivity index (χ4v) is 0.729. The van der Waals surface area contributed by atoms with E-state index in [2.05, 4.69) is 16.8 Å². The van der Waals surface area contributed by atoms with Crippen LogP contribution in [0.5, 0.6) is 0 Å². The molecule has 0 bridgehead atoms. The maximum absolute atomic E-state index is 8.71. The van der Waals surface area contributed by atoms with Crippen molar-refractivity contribution < 1.29 is 5.11 Å². The topological polar surface area (TPSA) is 56.9 Å². The SMILES string of the molecule is N#CC#Cc1cccc(CO)n1. The monoisotopic (exact) mass is 158 g/mol. The van der Waals surface area contributed by atoms with Crippen LogP contribution in [0, 0.1) is 23.2 Å². The molecule has 0 amide bonds. The molecule has 0 aliphatic carbocycles. The number of aliphatic hydroxyl groups is 1. The molecule has 1 rings (SSSR count). The van der Waals surface area contributed by atoms with Gasteiger partial charge in [0.2, 0.25) is 0 Å². The maximum Gasteiger partial charge on any atom is 0.152 e. The van der Waals surface area contributed by atoms with Crippen LogP contribution in [0.1, 0.15) is 11.4 Å². The first-order valence-electron chi connectivity index (χ1n) is 3.33. The molecule has 58 valence electrons. The molecule has 0 spiro atoms. The van der Waals surface area contributed by atoms with Crippen molar-refractivity contribution in [1.82, 2.24) is 4.98 Å². The van der Waals surface area contributed by atoms with Gasteiger partial charge in [-0.05, 0) is 18.1 Å². The number of rotatable bonds is 1. The zero-order valence-corrected chi connectivity index (χ0v) is 6.28. The predicted molar refractivity (Wildman–Crippen MR) is 42.7 cm³/mol. The lowest BCUT2D eigenvalue weighted by atomic mass is 10.3. The standard InChI is InChI=1S/C9H6N2O/c10-6-2-5-8-3-1-4-9(7-12)11-8/h1,3-4,12H,7H2. The summed E-state index contributed by atoms with van der Waals surface area (Å²) in [6.45, 7) is -0.109. The molecule has 1 aromatic heterocycles. The number of hydrogen-bond acceptors (Lipinski definition) is 3. The Labute approximate surface area is 70.3 Å². The van der Waals surface area contributed by atoms with Crippen molar-refractivity contribution in [2.45, 2.75) is 6.61 Å². The Kier molecular flexibility index (Phi) is 2.84. The molecule has 3 nitrogen and oxygen atoms in total. The number of hydrogen-bond donors (Lipinski definition) is 1. The highest BCUT2D eigenvalue weighted by atomic mass is 16.3. The van der Waals surface area contributed by atoms with Crippen LogP contribution in [-0.4, -0.2) is 10.1 Å². The molecule has 1 N–H and O–H groups in total. The molecule has 0 aliphatic rings. The van der Waals surface area contributed by atoms with Crippen molar-refractivity contribution >= 4 is 0 Å². The van der Waals surface area contributed by atoms with E-state index in [1.807, 2.05) is 0 Å². The van der Waals surface area contributed by atoms with Gasteiger partial charge in [0.25, 0.3) is 0 Å². The van der Waals surface area contributed by atoms with E-state index >= 15 is 0 Å².